The number of nitrogens with one attached hydrogen (secondary N) is 2. The maximum absolute atomic E-state index is 13.9. The van der Waals surface area contributed by atoms with E-state index in [9.17, 15) is 14.4 Å². The minimum Gasteiger partial charge on any atom is -0.360 e. The van der Waals surface area contributed by atoms with Crippen LogP contribution in [0.2, 0.25) is 5.02 Å². The van der Waals surface area contributed by atoms with Crippen LogP contribution in [0.15, 0.2) is 59.1 Å². The highest BCUT2D eigenvalue weighted by atomic mass is 35.5. The number of anilines is 2. The molecule has 0 saturated heterocycles. The molecule has 1 aromatic heterocycles. The monoisotopic (exact) mass is 552 g/mol. The SMILES string of the molecule is CCC(C)c1ccc(N(C(=O)CCC(=O)Nc2cc(C)on2)C(C(=O)NC(C)(C)C)c2ccccc2Cl)cc1. The molecule has 0 spiro atoms. The highest BCUT2D eigenvalue weighted by molar-refractivity contribution is 6.31. The molecule has 2 unspecified atom stereocenters. The topological polar surface area (TPSA) is 105 Å². The number of hydrogen-bond acceptors (Lipinski definition) is 5. The third-order valence-corrected chi connectivity index (χ3v) is 6.63. The minimum atomic E-state index is -1.05. The highest BCUT2D eigenvalue weighted by Crippen LogP contribution is 2.34. The molecule has 0 aliphatic rings. The van der Waals surface area contributed by atoms with Crippen LogP contribution < -0.4 is 15.5 Å². The first-order valence-corrected chi connectivity index (χ1v) is 13.5. The lowest BCUT2D eigenvalue weighted by Crippen LogP contribution is -2.49. The molecule has 2 atom stereocenters. The normalized spacial score (nSPS) is 12.9. The first-order valence-electron chi connectivity index (χ1n) is 13.1. The number of hydrogen-bond donors (Lipinski definition) is 2. The first kappa shape index (κ1) is 29.9. The fourth-order valence-electron chi connectivity index (χ4n) is 4.14. The second-order valence-electron chi connectivity index (χ2n) is 10.7. The van der Waals surface area contributed by atoms with Crippen molar-refractivity contribution in [3.8, 4) is 0 Å². The second kappa shape index (κ2) is 12.9. The van der Waals surface area contributed by atoms with E-state index in [0.717, 1.165) is 12.0 Å². The van der Waals surface area contributed by atoms with Gasteiger partial charge in [0, 0.05) is 40.7 Å². The van der Waals surface area contributed by atoms with Crippen molar-refractivity contribution in [3.05, 3.63) is 76.5 Å². The third-order valence-electron chi connectivity index (χ3n) is 6.29. The summed E-state index contributed by atoms with van der Waals surface area (Å²) < 4.78 is 4.98. The smallest absolute Gasteiger partial charge is 0.248 e. The molecule has 0 aliphatic carbocycles. The van der Waals surface area contributed by atoms with Crippen molar-refractivity contribution in [2.24, 2.45) is 0 Å². The molecule has 2 aromatic carbocycles. The standard InChI is InChI=1S/C30H37ClN4O4/c1-7-19(2)21-12-14-22(15-13-21)35(27(37)17-16-26(36)32-25-18-20(3)39-34-25)28(29(38)33-30(4,5)6)23-10-8-9-11-24(23)31/h8-15,18-19,28H,7,16-17H2,1-6H3,(H,33,38)(H,32,34,36). The number of nitrogens with zero attached hydrogens (tertiary/aromatic N) is 2. The van der Waals surface area contributed by atoms with Crippen LogP contribution in [-0.4, -0.2) is 28.4 Å². The molecule has 9 heteroatoms. The van der Waals surface area contributed by atoms with Crippen LogP contribution in [-0.2, 0) is 14.4 Å². The second-order valence-corrected chi connectivity index (χ2v) is 11.1. The molecule has 0 bridgehead atoms. The number of amides is 3. The summed E-state index contributed by atoms with van der Waals surface area (Å²) in [7, 11) is 0. The Morgan fingerprint density at radius 3 is 2.28 bits per heavy atom. The van der Waals surface area contributed by atoms with E-state index < -0.39 is 23.4 Å². The summed E-state index contributed by atoms with van der Waals surface area (Å²) in [4.78, 5) is 41.7. The van der Waals surface area contributed by atoms with Crippen LogP contribution in [0.3, 0.4) is 0 Å². The fourth-order valence-corrected chi connectivity index (χ4v) is 4.38. The van der Waals surface area contributed by atoms with Crippen molar-refractivity contribution >= 4 is 40.8 Å². The van der Waals surface area contributed by atoms with E-state index in [-0.39, 0.29) is 24.6 Å². The van der Waals surface area contributed by atoms with Gasteiger partial charge in [-0.1, -0.05) is 60.9 Å². The van der Waals surface area contributed by atoms with Crippen LogP contribution in [0.25, 0.3) is 0 Å². The molecule has 3 aromatic rings. The molecule has 3 amide bonds. The van der Waals surface area contributed by atoms with Crippen molar-refractivity contribution in [3.63, 3.8) is 0 Å². The van der Waals surface area contributed by atoms with Gasteiger partial charge >= 0.3 is 0 Å². The van der Waals surface area contributed by atoms with E-state index in [4.69, 9.17) is 16.1 Å². The van der Waals surface area contributed by atoms with E-state index in [1.165, 1.54) is 4.90 Å². The lowest BCUT2D eigenvalue weighted by Gasteiger charge is -2.34. The van der Waals surface area contributed by atoms with E-state index in [2.05, 4.69) is 29.6 Å². The molecule has 1 heterocycles. The van der Waals surface area contributed by atoms with Gasteiger partial charge in [0.25, 0.3) is 0 Å². The summed E-state index contributed by atoms with van der Waals surface area (Å²) in [6, 6.07) is 15.1. The Hall–Kier alpha value is -3.65. The molecule has 8 nitrogen and oxygen atoms in total. The van der Waals surface area contributed by atoms with Crippen LogP contribution in [0.4, 0.5) is 11.5 Å². The number of rotatable bonds is 10. The van der Waals surface area contributed by atoms with Gasteiger partial charge < -0.3 is 15.2 Å². The Labute approximate surface area is 235 Å². The van der Waals surface area contributed by atoms with Crippen molar-refractivity contribution < 1.29 is 18.9 Å². The first-order chi connectivity index (χ1) is 18.4. The van der Waals surface area contributed by atoms with Crippen molar-refractivity contribution in [1.29, 1.82) is 0 Å². The van der Waals surface area contributed by atoms with Crippen LogP contribution in [0, 0.1) is 6.92 Å². The predicted octanol–water partition coefficient (Wildman–Crippen LogP) is 6.56. The van der Waals surface area contributed by atoms with Crippen LogP contribution >= 0.6 is 11.6 Å². The predicted molar refractivity (Wildman–Crippen MR) is 154 cm³/mol. The fraction of sp³-hybridized carbons (Fsp3) is 0.400. The Morgan fingerprint density at radius 1 is 1.05 bits per heavy atom. The number of carbonyl (C=O) groups excluding carboxylic acids is 3. The summed E-state index contributed by atoms with van der Waals surface area (Å²) in [5.74, 6) is 0.0128. The highest BCUT2D eigenvalue weighted by Gasteiger charge is 2.35. The van der Waals surface area contributed by atoms with Crippen molar-refractivity contribution in [2.45, 2.75) is 78.3 Å². The quantitative estimate of drug-likeness (QED) is 0.296. The van der Waals surface area contributed by atoms with Gasteiger partial charge in [0.2, 0.25) is 17.7 Å². The minimum absolute atomic E-state index is 0.109. The Morgan fingerprint density at radius 2 is 1.72 bits per heavy atom. The van der Waals surface area contributed by atoms with Crippen LogP contribution in [0.5, 0.6) is 0 Å². The molecule has 0 saturated carbocycles. The summed E-state index contributed by atoms with van der Waals surface area (Å²) in [6.45, 7) is 11.6. The average molecular weight is 553 g/mol. The Kier molecular flexibility index (Phi) is 9.92. The van der Waals surface area contributed by atoms with Gasteiger partial charge in [-0.15, -0.1) is 0 Å². The molecule has 0 radical (unpaired) electrons. The lowest BCUT2D eigenvalue weighted by atomic mass is 9.97. The van der Waals surface area contributed by atoms with E-state index in [1.54, 1.807) is 37.3 Å². The van der Waals surface area contributed by atoms with Crippen molar-refractivity contribution in [1.82, 2.24) is 10.5 Å². The molecule has 0 fully saturated rings. The number of aromatic nitrogens is 1. The van der Waals surface area contributed by atoms with Gasteiger partial charge in [-0.3, -0.25) is 19.3 Å². The zero-order valence-electron chi connectivity index (χ0n) is 23.4. The zero-order valence-corrected chi connectivity index (χ0v) is 24.1. The molecule has 208 valence electrons. The molecular weight excluding hydrogens is 516 g/mol. The Balaban J connectivity index is 2.00. The Bertz CT molecular complexity index is 1300. The van der Waals surface area contributed by atoms with Crippen LogP contribution in [0.1, 0.15) is 82.7 Å². The summed E-state index contributed by atoms with van der Waals surface area (Å²) in [6.07, 6.45) is 0.722. The molecule has 39 heavy (non-hydrogen) atoms. The molecular formula is C30H37ClN4O4. The van der Waals surface area contributed by atoms with Gasteiger partial charge in [0.1, 0.15) is 11.8 Å². The largest absolute Gasteiger partial charge is 0.360 e. The number of halogens is 1. The van der Waals surface area contributed by atoms with Gasteiger partial charge in [-0.2, -0.15) is 0 Å². The van der Waals surface area contributed by atoms with Gasteiger partial charge in [0.05, 0.1) is 0 Å². The maximum atomic E-state index is 13.9. The van der Waals surface area contributed by atoms with Gasteiger partial charge in [-0.25, -0.2) is 0 Å². The summed E-state index contributed by atoms with van der Waals surface area (Å²) in [5.41, 5.74) is 1.60. The average Bonchev–Trinajstić information content (AvgIpc) is 3.29. The zero-order chi connectivity index (χ0) is 28.7. The number of carbonyl (C=O) groups is 3. The van der Waals surface area contributed by atoms with Gasteiger partial charge in [-0.05, 0) is 63.8 Å². The lowest BCUT2D eigenvalue weighted by molar-refractivity contribution is -0.128. The maximum Gasteiger partial charge on any atom is 0.248 e. The van der Waals surface area contributed by atoms with E-state index in [0.29, 0.717) is 28.0 Å². The van der Waals surface area contributed by atoms with Crippen molar-refractivity contribution in [2.75, 3.05) is 10.2 Å². The molecule has 3 rings (SSSR count). The number of aryl methyl sites for hydroxylation is 1. The third kappa shape index (κ3) is 8.17. The summed E-state index contributed by atoms with van der Waals surface area (Å²) in [5, 5.41) is 9.75. The number of benzene rings is 2. The molecule has 2 N–H and O–H groups in total. The van der Waals surface area contributed by atoms with Gasteiger partial charge in [0.15, 0.2) is 5.82 Å². The molecule has 0 aliphatic heterocycles. The van der Waals surface area contributed by atoms with E-state index in [1.807, 2.05) is 45.0 Å². The van der Waals surface area contributed by atoms with E-state index >= 15 is 0 Å². The summed E-state index contributed by atoms with van der Waals surface area (Å²) >= 11 is 6.58.